The molecule has 5 nitrogen and oxygen atoms in total. The van der Waals surface area contributed by atoms with Crippen molar-refractivity contribution in [3.05, 3.63) is 35.9 Å². The van der Waals surface area contributed by atoms with Crippen molar-refractivity contribution >= 4 is 23.6 Å². The molecular weight excluding hydrogens is 278 g/mol. The molecule has 0 fully saturated rings. The normalized spacial score (nSPS) is 11.8. The van der Waals surface area contributed by atoms with Crippen molar-refractivity contribution in [3.8, 4) is 0 Å². The molecule has 0 aliphatic heterocycles. The van der Waals surface area contributed by atoms with Crippen LogP contribution in [0.15, 0.2) is 30.3 Å². The number of ether oxygens (including phenoxy) is 1. The second-order valence-corrected chi connectivity index (χ2v) is 5.29. The highest BCUT2D eigenvalue weighted by atomic mass is 32.2. The summed E-state index contributed by atoms with van der Waals surface area (Å²) >= 11 is 1.51. The van der Waals surface area contributed by atoms with Crippen LogP contribution in [-0.4, -0.2) is 34.7 Å². The van der Waals surface area contributed by atoms with Gasteiger partial charge in [0.15, 0.2) is 0 Å². The minimum atomic E-state index is -1.01. The summed E-state index contributed by atoms with van der Waals surface area (Å²) in [6, 6.07) is 9.01. The van der Waals surface area contributed by atoms with E-state index >= 15 is 0 Å². The van der Waals surface area contributed by atoms with Gasteiger partial charge >= 0.3 is 5.97 Å². The number of amides is 1. The maximum absolute atomic E-state index is 10.9. The van der Waals surface area contributed by atoms with E-state index in [1.165, 1.54) is 18.7 Å². The molecule has 2 N–H and O–H groups in total. The lowest BCUT2D eigenvalue weighted by atomic mass is 10.2. The van der Waals surface area contributed by atoms with E-state index in [2.05, 4.69) is 5.32 Å². The molecule has 0 spiro atoms. The van der Waals surface area contributed by atoms with Gasteiger partial charge in [-0.05, 0) is 17.7 Å². The molecule has 0 saturated carbocycles. The fourth-order valence-corrected chi connectivity index (χ4v) is 2.28. The monoisotopic (exact) mass is 297 g/mol. The van der Waals surface area contributed by atoms with Crippen LogP contribution < -0.4 is 5.32 Å². The van der Waals surface area contributed by atoms with E-state index in [0.29, 0.717) is 24.7 Å². The Morgan fingerprint density at radius 3 is 2.65 bits per heavy atom. The minimum Gasteiger partial charge on any atom is -0.480 e. The predicted molar refractivity (Wildman–Crippen MR) is 78.4 cm³/mol. The smallest absolute Gasteiger partial charge is 0.326 e. The van der Waals surface area contributed by atoms with Gasteiger partial charge in [-0.1, -0.05) is 30.3 Å². The van der Waals surface area contributed by atoms with Gasteiger partial charge in [-0.3, -0.25) is 4.79 Å². The van der Waals surface area contributed by atoms with Gasteiger partial charge in [0.2, 0.25) is 5.91 Å². The van der Waals surface area contributed by atoms with Crippen molar-refractivity contribution < 1.29 is 19.4 Å². The average Bonchev–Trinajstić information content (AvgIpc) is 2.41. The number of carbonyl (C=O) groups excluding carboxylic acids is 1. The number of benzene rings is 1. The Labute approximate surface area is 122 Å². The van der Waals surface area contributed by atoms with Crippen molar-refractivity contribution in [2.75, 3.05) is 11.7 Å². The van der Waals surface area contributed by atoms with Crippen molar-refractivity contribution in [1.82, 2.24) is 5.32 Å². The Morgan fingerprint density at radius 2 is 2.05 bits per heavy atom. The van der Waals surface area contributed by atoms with E-state index in [1.54, 1.807) is 0 Å². The molecule has 6 heteroatoms. The molecule has 0 bridgehead atoms. The molecule has 1 aromatic carbocycles. The van der Waals surface area contributed by atoms with Crippen LogP contribution in [0, 0.1) is 0 Å². The fraction of sp³-hybridized carbons (Fsp3) is 0.429. The summed E-state index contributed by atoms with van der Waals surface area (Å²) in [6.45, 7) is 1.86. The minimum absolute atomic E-state index is 0.331. The summed E-state index contributed by atoms with van der Waals surface area (Å²) in [6.07, 6.45) is 0.383. The van der Waals surface area contributed by atoms with Crippen LogP contribution in [0.4, 0.5) is 0 Å². The first kappa shape index (κ1) is 16.5. The third-order valence-electron chi connectivity index (χ3n) is 2.50. The zero-order valence-corrected chi connectivity index (χ0v) is 12.2. The molecule has 0 aromatic heterocycles. The highest BCUT2D eigenvalue weighted by Crippen LogP contribution is 2.08. The SMILES string of the molecule is CC(=O)NC(CCSCOCc1ccccc1)C(=O)O. The second-order valence-electron chi connectivity index (χ2n) is 4.24. The third kappa shape index (κ3) is 7.16. The molecule has 0 radical (unpaired) electrons. The predicted octanol–water partition coefficient (Wildman–Crippen LogP) is 1.87. The lowest BCUT2D eigenvalue weighted by Gasteiger charge is -2.12. The maximum atomic E-state index is 10.9. The molecule has 0 heterocycles. The number of aliphatic carboxylic acids is 1. The van der Waals surface area contributed by atoms with Crippen molar-refractivity contribution in [1.29, 1.82) is 0 Å². The van der Waals surface area contributed by atoms with Gasteiger partial charge in [0.05, 0.1) is 12.5 Å². The molecule has 1 unspecified atom stereocenters. The Hall–Kier alpha value is -1.53. The van der Waals surface area contributed by atoms with E-state index in [-0.39, 0.29) is 5.91 Å². The highest BCUT2D eigenvalue weighted by Gasteiger charge is 2.17. The van der Waals surface area contributed by atoms with Crippen molar-refractivity contribution in [2.45, 2.75) is 26.0 Å². The largest absolute Gasteiger partial charge is 0.480 e. The van der Waals surface area contributed by atoms with Crippen LogP contribution in [0.5, 0.6) is 0 Å². The standard InChI is InChI=1S/C14H19NO4S/c1-11(16)15-13(14(17)18)7-8-20-10-19-9-12-5-3-2-4-6-12/h2-6,13H,7-10H2,1H3,(H,15,16)(H,17,18). The third-order valence-corrected chi connectivity index (χ3v) is 3.36. The molecule has 0 aliphatic carbocycles. The summed E-state index contributed by atoms with van der Waals surface area (Å²) in [4.78, 5) is 21.7. The van der Waals surface area contributed by atoms with E-state index in [4.69, 9.17) is 9.84 Å². The van der Waals surface area contributed by atoms with Crippen LogP contribution in [0.2, 0.25) is 0 Å². The van der Waals surface area contributed by atoms with Gasteiger partial charge in [0.25, 0.3) is 0 Å². The van der Waals surface area contributed by atoms with Crippen molar-refractivity contribution in [2.24, 2.45) is 0 Å². The summed E-state index contributed by atoms with van der Waals surface area (Å²) < 4.78 is 5.47. The first-order chi connectivity index (χ1) is 9.59. The number of thioether (sulfide) groups is 1. The van der Waals surface area contributed by atoms with Crippen molar-refractivity contribution in [3.63, 3.8) is 0 Å². The van der Waals surface area contributed by atoms with Gasteiger partial charge in [0.1, 0.15) is 6.04 Å². The Bertz CT molecular complexity index is 424. The molecule has 0 saturated heterocycles. The molecule has 1 aromatic rings. The van der Waals surface area contributed by atoms with Crippen LogP contribution in [0.3, 0.4) is 0 Å². The number of hydrogen-bond acceptors (Lipinski definition) is 4. The summed E-state index contributed by atoms with van der Waals surface area (Å²) in [7, 11) is 0. The van der Waals surface area contributed by atoms with Crippen LogP contribution in [-0.2, 0) is 20.9 Å². The number of carbonyl (C=O) groups is 2. The van der Waals surface area contributed by atoms with Gasteiger partial charge in [0, 0.05) is 6.92 Å². The number of rotatable bonds is 9. The first-order valence-corrected chi connectivity index (χ1v) is 7.44. The van der Waals surface area contributed by atoms with E-state index in [0.717, 1.165) is 5.56 Å². The molecule has 20 heavy (non-hydrogen) atoms. The lowest BCUT2D eigenvalue weighted by molar-refractivity contribution is -0.141. The molecule has 0 aliphatic rings. The van der Waals surface area contributed by atoms with E-state index in [9.17, 15) is 9.59 Å². The zero-order chi connectivity index (χ0) is 14.8. The van der Waals surface area contributed by atoms with Crippen LogP contribution in [0.25, 0.3) is 0 Å². The number of carboxylic acid groups (broad SMARTS) is 1. The maximum Gasteiger partial charge on any atom is 0.326 e. The molecule has 1 amide bonds. The quantitative estimate of drug-likeness (QED) is 0.537. The number of hydrogen-bond donors (Lipinski definition) is 2. The molecule has 110 valence electrons. The highest BCUT2D eigenvalue weighted by molar-refractivity contribution is 7.99. The lowest BCUT2D eigenvalue weighted by Crippen LogP contribution is -2.39. The zero-order valence-electron chi connectivity index (χ0n) is 11.4. The molecular formula is C14H19NO4S. The van der Waals surface area contributed by atoms with Gasteiger partial charge < -0.3 is 15.2 Å². The Morgan fingerprint density at radius 1 is 1.35 bits per heavy atom. The van der Waals surface area contributed by atoms with Gasteiger partial charge in [-0.15, -0.1) is 11.8 Å². The Balaban J connectivity index is 2.11. The fourth-order valence-electron chi connectivity index (χ4n) is 1.56. The van der Waals surface area contributed by atoms with E-state index in [1.807, 2.05) is 30.3 Å². The summed E-state index contributed by atoms with van der Waals surface area (Å²) in [5, 5.41) is 11.3. The second kappa shape index (κ2) is 9.39. The summed E-state index contributed by atoms with van der Waals surface area (Å²) in [5.41, 5.74) is 1.11. The molecule has 1 rings (SSSR count). The van der Waals surface area contributed by atoms with E-state index < -0.39 is 12.0 Å². The topological polar surface area (TPSA) is 75.6 Å². The summed E-state index contributed by atoms with van der Waals surface area (Å²) in [5.74, 6) is -0.221. The average molecular weight is 297 g/mol. The first-order valence-electron chi connectivity index (χ1n) is 6.29. The van der Waals surface area contributed by atoms with Gasteiger partial charge in [-0.25, -0.2) is 4.79 Å². The van der Waals surface area contributed by atoms with Gasteiger partial charge in [-0.2, -0.15) is 0 Å². The van der Waals surface area contributed by atoms with Crippen LogP contribution in [0.1, 0.15) is 18.9 Å². The Kier molecular flexibility index (Phi) is 7.75. The van der Waals surface area contributed by atoms with Crippen LogP contribution >= 0.6 is 11.8 Å². The number of carboxylic acids is 1. The number of nitrogens with one attached hydrogen (secondary N) is 1. The molecule has 1 atom stereocenters.